The Morgan fingerprint density at radius 3 is 2.50 bits per heavy atom. The Morgan fingerprint density at radius 1 is 1.36 bits per heavy atom. The molecular formula is C12H24OSi. The summed E-state index contributed by atoms with van der Waals surface area (Å²) in [7, 11) is -2.08. The Bertz CT molecular complexity index is 175. The van der Waals surface area contributed by atoms with Crippen LogP contribution in [0, 0.1) is 0 Å². The average Bonchev–Trinajstić information content (AvgIpc) is 2.27. The first-order chi connectivity index (χ1) is 6.73. The van der Waals surface area contributed by atoms with Gasteiger partial charge in [0.2, 0.25) is 8.32 Å². The Hall–Kier alpha value is -0.0831. The molecule has 14 heavy (non-hydrogen) atoms. The Morgan fingerprint density at radius 2 is 2.00 bits per heavy atom. The van der Waals surface area contributed by atoms with E-state index in [1.807, 2.05) is 5.70 Å². The maximum Gasteiger partial charge on any atom is 0.215 e. The zero-order valence-electron chi connectivity index (χ0n) is 9.47. The lowest BCUT2D eigenvalue weighted by Gasteiger charge is -2.33. The van der Waals surface area contributed by atoms with Crippen LogP contribution in [-0.4, -0.2) is 13.1 Å². The zero-order chi connectivity index (χ0) is 10.4. The lowest BCUT2D eigenvalue weighted by atomic mass is 10.0. The molecule has 2 heteroatoms. The van der Waals surface area contributed by atoms with Crippen LogP contribution in [0.4, 0.5) is 0 Å². The van der Waals surface area contributed by atoms with Crippen molar-refractivity contribution in [3.63, 3.8) is 0 Å². The van der Waals surface area contributed by atoms with Crippen molar-refractivity contribution in [3.05, 3.63) is 12.3 Å². The Labute approximate surface area is 89.4 Å². The highest BCUT2D eigenvalue weighted by molar-refractivity contribution is 6.78. The van der Waals surface area contributed by atoms with Crippen molar-refractivity contribution in [2.45, 2.75) is 63.5 Å². The molecule has 0 spiro atoms. The summed E-state index contributed by atoms with van der Waals surface area (Å²) >= 11 is 0. The third-order valence-electron chi connectivity index (χ3n) is 3.60. The van der Waals surface area contributed by atoms with E-state index in [4.69, 9.17) is 0 Å². The van der Waals surface area contributed by atoms with Crippen LogP contribution in [0.15, 0.2) is 12.3 Å². The number of hydrogen-bond acceptors (Lipinski definition) is 1. The molecule has 0 aromatic carbocycles. The molecule has 1 N–H and O–H groups in total. The summed E-state index contributed by atoms with van der Waals surface area (Å²) in [6, 6.07) is 1.04. The van der Waals surface area contributed by atoms with Crippen molar-refractivity contribution in [2.24, 2.45) is 0 Å². The molecule has 1 unspecified atom stereocenters. The van der Waals surface area contributed by atoms with E-state index in [1.54, 1.807) is 0 Å². The molecule has 1 atom stereocenters. The molecule has 0 aliphatic heterocycles. The fraction of sp³-hybridized carbons (Fsp3) is 0.833. The molecule has 1 aliphatic carbocycles. The summed E-state index contributed by atoms with van der Waals surface area (Å²) in [6.07, 6.45) is 8.86. The van der Waals surface area contributed by atoms with Crippen molar-refractivity contribution >= 4 is 8.32 Å². The molecular weight excluding hydrogens is 188 g/mol. The first kappa shape index (κ1) is 12.0. The Balaban J connectivity index is 2.52. The maximum absolute atomic E-state index is 10.6. The second kappa shape index (κ2) is 5.71. The van der Waals surface area contributed by atoms with E-state index in [2.05, 4.69) is 13.5 Å². The van der Waals surface area contributed by atoms with Gasteiger partial charge in [-0.05, 0) is 11.6 Å². The molecule has 1 aliphatic rings. The minimum absolute atomic E-state index is 0.611. The van der Waals surface area contributed by atoms with Crippen molar-refractivity contribution in [1.29, 1.82) is 0 Å². The highest BCUT2D eigenvalue weighted by atomic mass is 28.4. The molecule has 0 aromatic heterocycles. The number of unbranched alkanes of at least 4 members (excludes halogenated alkanes) is 1. The van der Waals surface area contributed by atoms with Crippen LogP contribution in [0.25, 0.3) is 0 Å². The molecule has 0 aromatic rings. The quantitative estimate of drug-likeness (QED) is 0.688. The lowest BCUT2D eigenvalue weighted by molar-refractivity contribution is 0.431. The fourth-order valence-corrected chi connectivity index (χ4v) is 5.81. The normalized spacial score (nSPS) is 23.0. The molecule has 1 fully saturated rings. The second-order valence-corrected chi connectivity index (χ2v) is 8.34. The minimum atomic E-state index is -2.08. The standard InChI is InChI=1S/C12H24OSi/c1-3-5-11-14(13,4-2)12-9-7-6-8-10-12/h4,12-13H,2-3,5-11H2,1H3. The van der Waals surface area contributed by atoms with Gasteiger partial charge in [-0.1, -0.05) is 57.6 Å². The number of hydrogen-bond donors (Lipinski definition) is 1. The molecule has 0 amide bonds. The maximum atomic E-state index is 10.6. The van der Waals surface area contributed by atoms with Crippen molar-refractivity contribution in [1.82, 2.24) is 0 Å². The molecule has 82 valence electrons. The molecule has 1 nitrogen and oxygen atoms in total. The van der Waals surface area contributed by atoms with Gasteiger partial charge in [0, 0.05) is 0 Å². The zero-order valence-corrected chi connectivity index (χ0v) is 10.5. The van der Waals surface area contributed by atoms with Gasteiger partial charge >= 0.3 is 0 Å². The summed E-state index contributed by atoms with van der Waals surface area (Å²) in [6.45, 7) is 6.07. The molecule has 0 heterocycles. The van der Waals surface area contributed by atoms with E-state index in [9.17, 15) is 4.80 Å². The van der Waals surface area contributed by atoms with Crippen LogP contribution in [0.3, 0.4) is 0 Å². The van der Waals surface area contributed by atoms with Crippen LogP contribution in [0.5, 0.6) is 0 Å². The summed E-state index contributed by atoms with van der Waals surface area (Å²) in [4.78, 5) is 10.6. The highest BCUT2D eigenvalue weighted by Gasteiger charge is 2.36. The monoisotopic (exact) mass is 212 g/mol. The lowest BCUT2D eigenvalue weighted by Crippen LogP contribution is -2.39. The summed E-state index contributed by atoms with van der Waals surface area (Å²) in [5, 5.41) is 0. The van der Waals surface area contributed by atoms with Crippen LogP contribution in [0.2, 0.25) is 11.6 Å². The van der Waals surface area contributed by atoms with Crippen molar-refractivity contribution in [3.8, 4) is 0 Å². The van der Waals surface area contributed by atoms with E-state index in [-0.39, 0.29) is 0 Å². The first-order valence-corrected chi connectivity index (χ1v) is 8.40. The third-order valence-corrected chi connectivity index (χ3v) is 7.45. The molecule has 0 bridgehead atoms. The van der Waals surface area contributed by atoms with Crippen LogP contribution < -0.4 is 0 Å². The van der Waals surface area contributed by atoms with Crippen LogP contribution >= 0.6 is 0 Å². The molecule has 1 saturated carbocycles. The summed E-state index contributed by atoms with van der Waals surface area (Å²) < 4.78 is 0. The van der Waals surface area contributed by atoms with Gasteiger partial charge in [-0.25, -0.2) is 0 Å². The van der Waals surface area contributed by atoms with Crippen molar-refractivity contribution in [2.75, 3.05) is 0 Å². The first-order valence-electron chi connectivity index (χ1n) is 6.09. The molecule has 1 rings (SSSR count). The third kappa shape index (κ3) is 2.96. The molecule has 0 radical (unpaired) electrons. The number of rotatable bonds is 5. The van der Waals surface area contributed by atoms with Gasteiger partial charge < -0.3 is 4.80 Å². The topological polar surface area (TPSA) is 20.2 Å². The van der Waals surface area contributed by atoms with Gasteiger partial charge in [-0.15, -0.1) is 6.58 Å². The fourth-order valence-electron chi connectivity index (χ4n) is 2.54. The minimum Gasteiger partial charge on any atom is -0.428 e. The smallest absolute Gasteiger partial charge is 0.215 e. The van der Waals surface area contributed by atoms with E-state index in [0.717, 1.165) is 6.04 Å². The predicted molar refractivity (Wildman–Crippen MR) is 64.7 cm³/mol. The van der Waals surface area contributed by atoms with E-state index >= 15 is 0 Å². The van der Waals surface area contributed by atoms with E-state index < -0.39 is 8.32 Å². The highest BCUT2D eigenvalue weighted by Crippen LogP contribution is 2.38. The SMILES string of the molecule is C=C[Si](O)(CCCC)C1CCCCC1. The van der Waals surface area contributed by atoms with Gasteiger partial charge in [0.15, 0.2) is 0 Å². The van der Waals surface area contributed by atoms with Gasteiger partial charge in [0.05, 0.1) is 0 Å². The van der Waals surface area contributed by atoms with Gasteiger partial charge in [0.25, 0.3) is 0 Å². The second-order valence-electron chi connectivity index (χ2n) is 4.63. The van der Waals surface area contributed by atoms with Crippen LogP contribution in [-0.2, 0) is 0 Å². The van der Waals surface area contributed by atoms with Crippen molar-refractivity contribution < 1.29 is 4.80 Å². The van der Waals surface area contributed by atoms with Crippen LogP contribution in [0.1, 0.15) is 51.9 Å². The van der Waals surface area contributed by atoms with Gasteiger partial charge in [-0.2, -0.15) is 0 Å². The summed E-state index contributed by atoms with van der Waals surface area (Å²) in [5.41, 5.74) is 2.54. The average molecular weight is 212 g/mol. The molecule has 0 saturated heterocycles. The van der Waals surface area contributed by atoms with E-state index in [1.165, 1.54) is 44.9 Å². The summed E-state index contributed by atoms with van der Waals surface area (Å²) in [5.74, 6) is 0. The Kier molecular flexibility index (Phi) is 4.89. The predicted octanol–water partition coefficient (Wildman–Crippen LogP) is 3.78. The largest absolute Gasteiger partial charge is 0.428 e. The van der Waals surface area contributed by atoms with Gasteiger partial charge in [-0.3, -0.25) is 0 Å². The van der Waals surface area contributed by atoms with E-state index in [0.29, 0.717) is 5.54 Å². The van der Waals surface area contributed by atoms with Gasteiger partial charge in [0.1, 0.15) is 0 Å².